The first-order chi connectivity index (χ1) is 10.7. The van der Waals surface area contributed by atoms with Crippen LogP contribution in [0.5, 0.6) is 0 Å². The van der Waals surface area contributed by atoms with Gasteiger partial charge in [0.05, 0.1) is 6.10 Å². The number of rotatable bonds is 12. The Morgan fingerprint density at radius 1 is 0.957 bits per heavy atom. The molecule has 4 nitrogen and oxygen atoms in total. The Hall–Kier alpha value is -1.06. The Kier molecular flexibility index (Phi) is 10.2. The molecule has 0 aliphatic heterocycles. The molecular weight excluding hydrogens is 292 g/mol. The maximum absolute atomic E-state index is 12.7. The van der Waals surface area contributed by atoms with Gasteiger partial charge < -0.3 is 9.84 Å². The molecule has 0 amide bonds. The minimum atomic E-state index is -1.39. The van der Waals surface area contributed by atoms with E-state index in [-0.39, 0.29) is 6.10 Å². The van der Waals surface area contributed by atoms with Crippen LogP contribution in [0.4, 0.5) is 0 Å². The number of unbranched alkanes of at least 4 members (excludes halogenated alkanes) is 1. The largest absolute Gasteiger partial charge is 0.480 e. The lowest BCUT2D eigenvalue weighted by Crippen LogP contribution is -2.42. The van der Waals surface area contributed by atoms with E-state index in [4.69, 9.17) is 4.74 Å². The van der Waals surface area contributed by atoms with Gasteiger partial charge in [-0.05, 0) is 50.9 Å². The van der Waals surface area contributed by atoms with Crippen molar-refractivity contribution in [1.82, 2.24) is 0 Å². The highest BCUT2D eigenvalue weighted by molar-refractivity contribution is 5.99. The number of ether oxygens (including phenoxy) is 1. The first-order valence-corrected chi connectivity index (χ1v) is 9.10. The molecule has 1 N–H and O–H groups in total. The van der Waals surface area contributed by atoms with E-state index in [1.54, 1.807) is 0 Å². The van der Waals surface area contributed by atoms with Gasteiger partial charge in [-0.3, -0.25) is 9.59 Å². The van der Waals surface area contributed by atoms with Crippen LogP contribution in [0.25, 0.3) is 0 Å². The van der Waals surface area contributed by atoms with Crippen molar-refractivity contribution in [1.29, 1.82) is 0 Å². The standard InChI is InChI=1S/C19H36O4/c1-7-8-9-16(6)23-18(22)19(17(20)21,12-10-14(2)3)13-11-15(4)5/h14-16H,7-13H2,1-6H3,(H,20,21). The molecule has 0 spiro atoms. The highest BCUT2D eigenvalue weighted by Gasteiger charge is 2.47. The fourth-order valence-electron chi connectivity index (χ4n) is 2.55. The Balaban J connectivity index is 5.17. The molecule has 1 unspecified atom stereocenters. The van der Waals surface area contributed by atoms with E-state index < -0.39 is 17.4 Å². The third-order valence-electron chi connectivity index (χ3n) is 4.37. The van der Waals surface area contributed by atoms with Crippen LogP contribution in [-0.2, 0) is 14.3 Å². The van der Waals surface area contributed by atoms with E-state index in [0.29, 0.717) is 37.5 Å². The number of carbonyl (C=O) groups excluding carboxylic acids is 1. The summed E-state index contributed by atoms with van der Waals surface area (Å²) < 4.78 is 5.52. The van der Waals surface area contributed by atoms with E-state index in [0.717, 1.165) is 19.3 Å². The fraction of sp³-hybridized carbons (Fsp3) is 0.895. The molecule has 0 aliphatic rings. The van der Waals surface area contributed by atoms with E-state index in [9.17, 15) is 14.7 Å². The third kappa shape index (κ3) is 7.85. The molecule has 23 heavy (non-hydrogen) atoms. The van der Waals surface area contributed by atoms with Gasteiger partial charge in [-0.15, -0.1) is 0 Å². The molecule has 0 fully saturated rings. The van der Waals surface area contributed by atoms with Crippen molar-refractivity contribution in [3.8, 4) is 0 Å². The molecule has 0 rings (SSSR count). The normalized spacial score (nSPS) is 13.4. The van der Waals surface area contributed by atoms with Gasteiger partial charge in [-0.2, -0.15) is 0 Å². The minimum absolute atomic E-state index is 0.223. The summed E-state index contributed by atoms with van der Waals surface area (Å²) in [7, 11) is 0. The van der Waals surface area contributed by atoms with Crippen LogP contribution >= 0.6 is 0 Å². The van der Waals surface area contributed by atoms with Crippen molar-refractivity contribution in [3.05, 3.63) is 0 Å². The quantitative estimate of drug-likeness (QED) is 0.402. The summed E-state index contributed by atoms with van der Waals surface area (Å²) >= 11 is 0. The van der Waals surface area contributed by atoms with Crippen molar-refractivity contribution >= 4 is 11.9 Å². The summed E-state index contributed by atoms with van der Waals surface area (Å²) in [5.74, 6) is -0.863. The van der Waals surface area contributed by atoms with Crippen LogP contribution < -0.4 is 0 Å². The van der Waals surface area contributed by atoms with Crippen molar-refractivity contribution in [2.75, 3.05) is 0 Å². The van der Waals surface area contributed by atoms with Crippen molar-refractivity contribution in [3.63, 3.8) is 0 Å². The summed E-state index contributed by atoms with van der Waals surface area (Å²) in [4.78, 5) is 24.7. The van der Waals surface area contributed by atoms with Gasteiger partial charge in [-0.25, -0.2) is 0 Å². The summed E-state index contributed by atoms with van der Waals surface area (Å²) in [6.07, 6.45) is 4.70. The van der Waals surface area contributed by atoms with Gasteiger partial charge in [0.2, 0.25) is 0 Å². The maximum atomic E-state index is 12.7. The highest BCUT2D eigenvalue weighted by atomic mass is 16.5. The molecule has 0 aromatic carbocycles. The Morgan fingerprint density at radius 3 is 1.78 bits per heavy atom. The highest BCUT2D eigenvalue weighted by Crippen LogP contribution is 2.35. The molecule has 0 aromatic rings. The zero-order valence-electron chi connectivity index (χ0n) is 15.9. The molecule has 0 saturated carbocycles. The summed E-state index contributed by atoms with van der Waals surface area (Å²) in [5, 5.41) is 9.81. The second kappa shape index (κ2) is 10.7. The Morgan fingerprint density at radius 2 is 1.43 bits per heavy atom. The predicted molar refractivity (Wildman–Crippen MR) is 93.3 cm³/mol. The molecule has 0 aliphatic carbocycles. The van der Waals surface area contributed by atoms with Crippen LogP contribution in [0.2, 0.25) is 0 Å². The van der Waals surface area contributed by atoms with E-state index in [1.807, 2.05) is 34.6 Å². The smallest absolute Gasteiger partial charge is 0.323 e. The zero-order chi connectivity index (χ0) is 18.0. The SMILES string of the molecule is CCCCC(C)OC(=O)C(CCC(C)C)(CCC(C)C)C(=O)O. The molecule has 0 saturated heterocycles. The van der Waals surface area contributed by atoms with Crippen molar-refractivity contribution < 1.29 is 19.4 Å². The molecule has 1 atom stereocenters. The van der Waals surface area contributed by atoms with Crippen molar-refractivity contribution in [2.24, 2.45) is 17.3 Å². The Bertz CT molecular complexity index is 348. The van der Waals surface area contributed by atoms with Gasteiger partial charge in [0.15, 0.2) is 5.41 Å². The average Bonchev–Trinajstić information content (AvgIpc) is 2.44. The van der Waals surface area contributed by atoms with Gasteiger partial charge in [0.1, 0.15) is 0 Å². The van der Waals surface area contributed by atoms with Crippen LogP contribution in [0.3, 0.4) is 0 Å². The second-order valence-corrected chi connectivity index (χ2v) is 7.61. The monoisotopic (exact) mass is 328 g/mol. The van der Waals surface area contributed by atoms with E-state index >= 15 is 0 Å². The first kappa shape index (κ1) is 21.9. The molecule has 0 aromatic heterocycles. The first-order valence-electron chi connectivity index (χ1n) is 9.10. The number of carboxylic acid groups (broad SMARTS) is 1. The summed E-state index contributed by atoms with van der Waals surface area (Å²) in [6, 6.07) is 0. The van der Waals surface area contributed by atoms with Gasteiger partial charge in [0, 0.05) is 0 Å². The minimum Gasteiger partial charge on any atom is -0.480 e. The lowest BCUT2D eigenvalue weighted by Gasteiger charge is -2.30. The van der Waals surface area contributed by atoms with E-state index in [1.165, 1.54) is 0 Å². The van der Waals surface area contributed by atoms with Crippen molar-refractivity contribution in [2.45, 2.75) is 92.6 Å². The third-order valence-corrected chi connectivity index (χ3v) is 4.37. The number of hydrogen-bond donors (Lipinski definition) is 1. The number of esters is 1. The molecule has 0 heterocycles. The molecule has 136 valence electrons. The van der Waals surface area contributed by atoms with Crippen LogP contribution in [-0.4, -0.2) is 23.1 Å². The lowest BCUT2D eigenvalue weighted by atomic mass is 9.76. The summed E-state index contributed by atoms with van der Waals surface area (Å²) in [5.41, 5.74) is -1.39. The second-order valence-electron chi connectivity index (χ2n) is 7.61. The van der Waals surface area contributed by atoms with E-state index in [2.05, 4.69) is 6.92 Å². The number of carboxylic acids is 1. The average molecular weight is 328 g/mol. The zero-order valence-corrected chi connectivity index (χ0v) is 15.9. The summed E-state index contributed by atoms with van der Waals surface area (Å²) in [6.45, 7) is 12.1. The lowest BCUT2D eigenvalue weighted by molar-refractivity contribution is -0.174. The number of aliphatic carboxylic acids is 1. The predicted octanol–water partition coefficient (Wildman–Crippen LogP) is 5.05. The fourth-order valence-corrected chi connectivity index (χ4v) is 2.55. The maximum Gasteiger partial charge on any atom is 0.323 e. The van der Waals surface area contributed by atoms with Gasteiger partial charge >= 0.3 is 11.9 Å². The van der Waals surface area contributed by atoms with Crippen LogP contribution in [0, 0.1) is 17.3 Å². The van der Waals surface area contributed by atoms with Crippen LogP contribution in [0.15, 0.2) is 0 Å². The molecular formula is C19H36O4. The Labute approximate surface area is 142 Å². The van der Waals surface area contributed by atoms with Gasteiger partial charge in [-0.1, -0.05) is 47.5 Å². The number of carbonyl (C=O) groups is 2. The molecule has 4 heteroatoms. The van der Waals surface area contributed by atoms with Crippen LogP contribution in [0.1, 0.15) is 86.5 Å². The van der Waals surface area contributed by atoms with Gasteiger partial charge in [0.25, 0.3) is 0 Å². The topological polar surface area (TPSA) is 63.6 Å². The molecule has 0 bridgehead atoms. The number of hydrogen-bond acceptors (Lipinski definition) is 3. The molecule has 0 radical (unpaired) electrons.